The Morgan fingerprint density at radius 3 is 1.47 bits per heavy atom. The number of fused-ring (bicyclic) bond motifs is 6. The van der Waals surface area contributed by atoms with E-state index in [-0.39, 0.29) is 11.2 Å². The summed E-state index contributed by atoms with van der Waals surface area (Å²) in [6.45, 7) is 0. The second-order valence-corrected chi connectivity index (χ2v) is 10.9. The van der Waals surface area contributed by atoms with Crippen LogP contribution in [-0.2, 0) is 25.7 Å². The lowest BCUT2D eigenvalue weighted by Crippen LogP contribution is -2.04. The molecular weight excluding hydrogens is 574 g/mol. The quantitative estimate of drug-likeness (QED) is 0.146. The first-order valence-electron chi connectivity index (χ1n) is 13.6. The van der Waals surface area contributed by atoms with Crippen molar-refractivity contribution in [1.29, 1.82) is 0 Å². The van der Waals surface area contributed by atoms with E-state index in [4.69, 9.17) is 20.4 Å². The molecule has 0 aliphatic rings. The number of halogens is 3. The summed E-state index contributed by atoms with van der Waals surface area (Å²) in [6.07, 6.45) is 5.88. The molecule has 0 spiro atoms. The Balaban J connectivity index is 1.10. The summed E-state index contributed by atoms with van der Waals surface area (Å²) in [4.78, 5) is 34.1. The minimum Gasteiger partial charge on any atom is -0.422 e. The number of aryl methyl sites for hydroxylation is 4. The third kappa shape index (κ3) is 5.26. The summed E-state index contributed by atoms with van der Waals surface area (Å²) < 4.78 is 38.4. The van der Waals surface area contributed by atoms with Gasteiger partial charge in [0.05, 0.1) is 21.8 Å². The van der Waals surface area contributed by atoms with Crippen LogP contribution in [0.2, 0.25) is 5.02 Å². The Hall–Kier alpha value is -4.95. The van der Waals surface area contributed by atoms with Gasteiger partial charge in [-0.15, -0.1) is 0 Å². The fourth-order valence-corrected chi connectivity index (χ4v) is 5.76. The third-order valence-electron chi connectivity index (χ3n) is 7.55. The largest absolute Gasteiger partial charge is 0.422 e. The van der Waals surface area contributed by atoms with Crippen LogP contribution in [0.3, 0.4) is 0 Å². The molecule has 0 fully saturated rings. The second kappa shape index (κ2) is 10.7. The van der Waals surface area contributed by atoms with Gasteiger partial charge < -0.3 is 8.83 Å². The molecule has 0 atom stereocenters. The van der Waals surface area contributed by atoms with Crippen LogP contribution in [0.4, 0.5) is 8.78 Å². The van der Waals surface area contributed by atoms with Crippen molar-refractivity contribution in [3.8, 4) is 0 Å². The molecule has 4 aromatic heterocycles. The van der Waals surface area contributed by atoms with Gasteiger partial charge in [0.1, 0.15) is 22.8 Å². The van der Waals surface area contributed by atoms with Crippen LogP contribution in [0.25, 0.3) is 43.7 Å². The maximum atomic E-state index is 13.8. The molecule has 43 heavy (non-hydrogen) atoms. The molecule has 0 bridgehead atoms. The first kappa shape index (κ1) is 26.9. The predicted octanol–water partition coefficient (Wildman–Crippen LogP) is 7.50. The smallest absolute Gasteiger partial charge is 0.345 e. The van der Waals surface area contributed by atoms with E-state index in [9.17, 15) is 18.4 Å². The molecule has 7 aromatic rings. The van der Waals surface area contributed by atoms with Crippen LogP contribution in [-0.4, -0.2) is 9.97 Å². The molecule has 0 saturated heterocycles. The van der Waals surface area contributed by atoms with Crippen molar-refractivity contribution in [3.05, 3.63) is 139 Å². The van der Waals surface area contributed by atoms with E-state index in [1.807, 2.05) is 12.1 Å². The zero-order chi connectivity index (χ0) is 29.7. The maximum Gasteiger partial charge on any atom is 0.345 e. The number of nitrogens with zero attached hydrogens (tertiary/aromatic N) is 2. The average Bonchev–Trinajstić information content (AvgIpc) is 3.00. The molecule has 0 saturated carbocycles. The highest BCUT2D eigenvalue weighted by atomic mass is 35.5. The van der Waals surface area contributed by atoms with Gasteiger partial charge in [-0.2, -0.15) is 0 Å². The van der Waals surface area contributed by atoms with Crippen molar-refractivity contribution in [1.82, 2.24) is 9.97 Å². The maximum absolute atomic E-state index is 13.8. The van der Waals surface area contributed by atoms with E-state index in [0.29, 0.717) is 63.3 Å². The molecule has 0 amide bonds. The fraction of sp³-hybridized carbons (Fsp3) is 0.118. The van der Waals surface area contributed by atoms with Crippen LogP contribution >= 0.6 is 11.6 Å². The number of hydrogen-bond acceptors (Lipinski definition) is 6. The van der Waals surface area contributed by atoms with Gasteiger partial charge in [-0.25, -0.2) is 18.4 Å². The van der Waals surface area contributed by atoms with Gasteiger partial charge in [0.15, 0.2) is 0 Å². The Bertz CT molecular complexity index is 2190. The molecule has 212 valence electrons. The molecule has 9 heteroatoms. The minimum atomic E-state index is -0.519. The molecule has 0 N–H and O–H groups in total. The lowest BCUT2D eigenvalue weighted by atomic mass is 9.99. The van der Waals surface area contributed by atoms with Crippen molar-refractivity contribution in [2.75, 3.05) is 0 Å². The van der Waals surface area contributed by atoms with E-state index in [2.05, 4.69) is 16.0 Å². The van der Waals surface area contributed by atoms with E-state index in [1.165, 1.54) is 36.4 Å². The van der Waals surface area contributed by atoms with Gasteiger partial charge in [-0.3, -0.25) is 9.97 Å². The van der Waals surface area contributed by atoms with Gasteiger partial charge in [0.2, 0.25) is 0 Å². The van der Waals surface area contributed by atoms with Crippen molar-refractivity contribution in [2.24, 2.45) is 0 Å². The normalized spacial score (nSPS) is 11.7. The summed E-state index contributed by atoms with van der Waals surface area (Å²) in [5.74, 6) is -0.865. The molecule has 3 aromatic carbocycles. The lowest BCUT2D eigenvalue weighted by Gasteiger charge is -2.09. The summed E-state index contributed by atoms with van der Waals surface area (Å²) in [5, 5.41) is 2.11. The zero-order valence-corrected chi connectivity index (χ0v) is 23.3. The zero-order valence-electron chi connectivity index (χ0n) is 22.5. The van der Waals surface area contributed by atoms with Crippen molar-refractivity contribution in [3.63, 3.8) is 0 Å². The number of hydrogen-bond donors (Lipinski definition) is 0. The predicted molar refractivity (Wildman–Crippen MR) is 162 cm³/mol. The summed E-state index contributed by atoms with van der Waals surface area (Å²) in [6, 6.07) is 17.3. The van der Waals surface area contributed by atoms with Gasteiger partial charge in [0.25, 0.3) is 0 Å². The number of pyridine rings is 2. The van der Waals surface area contributed by atoms with Crippen LogP contribution < -0.4 is 11.3 Å². The van der Waals surface area contributed by atoms with Crippen LogP contribution in [0.15, 0.2) is 97.5 Å². The van der Waals surface area contributed by atoms with E-state index in [0.717, 1.165) is 22.3 Å². The third-order valence-corrected chi connectivity index (χ3v) is 7.77. The fourth-order valence-electron chi connectivity index (χ4n) is 5.48. The van der Waals surface area contributed by atoms with Gasteiger partial charge in [-0.05, 0) is 109 Å². The Kier molecular flexibility index (Phi) is 6.70. The van der Waals surface area contributed by atoms with Crippen molar-refractivity contribution >= 4 is 55.3 Å². The monoisotopic (exact) mass is 594 g/mol. The van der Waals surface area contributed by atoms with Crippen LogP contribution in [0, 0.1) is 11.6 Å². The summed E-state index contributed by atoms with van der Waals surface area (Å²) in [5.41, 5.74) is 4.05. The molecule has 0 radical (unpaired) electrons. The van der Waals surface area contributed by atoms with E-state index >= 15 is 0 Å². The highest BCUT2D eigenvalue weighted by Crippen LogP contribution is 2.25. The first-order chi connectivity index (χ1) is 20.8. The lowest BCUT2D eigenvalue weighted by molar-refractivity contribution is 0.566. The second-order valence-electron chi connectivity index (χ2n) is 10.5. The highest BCUT2D eigenvalue weighted by molar-refractivity contribution is 6.30. The minimum absolute atomic E-state index is 0.289. The number of rotatable bonds is 6. The first-order valence-corrected chi connectivity index (χ1v) is 14.0. The highest BCUT2D eigenvalue weighted by Gasteiger charge is 2.13. The Morgan fingerprint density at radius 2 is 1.00 bits per heavy atom. The van der Waals surface area contributed by atoms with Crippen molar-refractivity contribution in [2.45, 2.75) is 25.7 Å². The summed E-state index contributed by atoms with van der Waals surface area (Å²) >= 11 is 6.45. The number of benzene rings is 3. The topological polar surface area (TPSA) is 86.2 Å². The van der Waals surface area contributed by atoms with E-state index in [1.54, 1.807) is 24.5 Å². The van der Waals surface area contributed by atoms with Crippen LogP contribution in [0.1, 0.15) is 22.3 Å². The van der Waals surface area contributed by atoms with Gasteiger partial charge >= 0.3 is 11.3 Å². The van der Waals surface area contributed by atoms with Gasteiger partial charge in [0, 0.05) is 28.2 Å². The molecule has 0 unspecified atom stereocenters. The molecule has 4 heterocycles. The number of aromatic nitrogens is 2. The van der Waals surface area contributed by atoms with Gasteiger partial charge in [-0.1, -0.05) is 17.7 Å². The summed E-state index contributed by atoms with van der Waals surface area (Å²) in [7, 11) is 0. The molecule has 0 aliphatic carbocycles. The Morgan fingerprint density at radius 1 is 0.558 bits per heavy atom. The molecular formula is C34H21ClF2N2O4. The average molecular weight is 595 g/mol. The Labute approximate surface area is 247 Å². The van der Waals surface area contributed by atoms with E-state index < -0.39 is 22.9 Å². The molecule has 0 aliphatic heterocycles. The SMILES string of the molecule is O=c1oc2ccc(F)cc2c2ncc(CCc3cc(Cl)cc(CCc4cnc5c(c4)c(=O)oc4ccc(F)cc45)c3)cc12. The van der Waals surface area contributed by atoms with Crippen molar-refractivity contribution < 1.29 is 17.6 Å². The standard InChI is InChI=1S/C34H21ClF2N2O4/c35-22-10-18(1-3-20-12-27-31(38-16-20)25-14-23(36)5-7-29(25)42-33(27)40)9-19(11-22)2-4-21-13-28-32(39-17-21)26-15-24(37)6-8-30(26)43-34(28)41/h5-17H,1-4H2. The van der Waals surface area contributed by atoms with Crippen LogP contribution in [0.5, 0.6) is 0 Å². The molecule has 6 nitrogen and oxygen atoms in total. The molecule has 7 rings (SSSR count).